The Kier molecular flexibility index (Phi) is 1.54. The zero-order valence-electron chi connectivity index (χ0n) is 7.20. The standard InChI is InChI=1S/C10H10N2/c1-7-5-8(2)10-9(6-7)11-3-4-12-10/h3-6H,1-2H3. The normalized spacial score (nSPS) is 10.5. The van der Waals surface area contributed by atoms with E-state index in [1.54, 1.807) is 12.4 Å². The Morgan fingerprint density at radius 1 is 1.00 bits per heavy atom. The molecule has 1 aromatic heterocycles. The Hall–Kier alpha value is -1.44. The summed E-state index contributed by atoms with van der Waals surface area (Å²) in [5.41, 5.74) is 4.41. The van der Waals surface area contributed by atoms with Crippen LogP contribution in [0.3, 0.4) is 0 Å². The zero-order valence-corrected chi connectivity index (χ0v) is 7.20. The molecular formula is C10H10N2. The smallest absolute Gasteiger partial charge is 0.0916 e. The molecule has 0 saturated heterocycles. The van der Waals surface area contributed by atoms with Crippen LogP contribution in [0.25, 0.3) is 11.0 Å². The molecule has 0 saturated carbocycles. The fourth-order valence-corrected chi connectivity index (χ4v) is 1.43. The van der Waals surface area contributed by atoms with Crippen LogP contribution >= 0.6 is 0 Å². The number of aromatic nitrogens is 2. The van der Waals surface area contributed by atoms with E-state index < -0.39 is 0 Å². The predicted molar refractivity (Wildman–Crippen MR) is 49.0 cm³/mol. The lowest BCUT2D eigenvalue weighted by molar-refractivity contribution is 1.26. The SMILES string of the molecule is Cc1cc(C)c2nccnc2c1. The monoisotopic (exact) mass is 158 g/mol. The molecule has 12 heavy (non-hydrogen) atoms. The number of nitrogens with zero attached hydrogens (tertiary/aromatic N) is 2. The molecular weight excluding hydrogens is 148 g/mol. The third-order valence-corrected chi connectivity index (χ3v) is 1.91. The van der Waals surface area contributed by atoms with E-state index in [-0.39, 0.29) is 0 Å². The molecule has 2 nitrogen and oxygen atoms in total. The average molecular weight is 158 g/mol. The molecule has 2 heteroatoms. The third kappa shape index (κ3) is 1.05. The van der Waals surface area contributed by atoms with Crippen LogP contribution in [0, 0.1) is 13.8 Å². The number of fused-ring (bicyclic) bond motifs is 1. The minimum absolute atomic E-state index is 0.981. The molecule has 2 aromatic rings. The van der Waals surface area contributed by atoms with Gasteiger partial charge in [0, 0.05) is 12.4 Å². The van der Waals surface area contributed by atoms with Crippen molar-refractivity contribution in [3.63, 3.8) is 0 Å². The maximum atomic E-state index is 4.26. The highest BCUT2D eigenvalue weighted by Gasteiger charge is 1.98. The summed E-state index contributed by atoms with van der Waals surface area (Å²) >= 11 is 0. The van der Waals surface area contributed by atoms with Crippen molar-refractivity contribution in [3.05, 3.63) is 35.7 Å². The van der Waals surface area contributed by atoms with Crippen LogP contribution in [0.4, 0.5) is 0 Å². The minimum atomic E-state index is 0.981. The van der Waals surface area contributed by atoms with E-state index in [2.05, 4.69) is 35.9 Å². The Balaban J connectivity index is 2.89. The molecule has 60 valence electrons. The summed E-state index contributed by atoms with van der Waals surface area (Å²) in [6.45, 7) is 4.13. The number of rotatable bonds is 0. The molecule has 0 radical (unpaired) electrons. The molecule has 0 unspecified atom stereocenters. The van der Waals surface area contributed by atoms with Gasteiger partial charge in [-0.2, -0.15) is 0 Å². The highest BCUT2D eigenvalue weighted by atomic mass is 14.8. The van der Waals surface area contributed by atoms with E-state index in [0.29, 0.717) is 0 Å². The van der Waals surface area contributed by atoms with Crippen molar-refractivity contribution in [2.24, 2.45) is 0 Å². The van der Waals surface area contributed by atoms with Crippen LogP contribution < -0.4 is 0 Å². The van der Waals surface area contributed by atoms with Crippen molar-refractivity contribution in [1.29, 1.82) is 0 Å². The van der Waals surface area contributed by atoms with Gasteiger partial charge in [0.25, 0.3) is 0 Å². The highest BCUT2D eigenvalue weighted by molar-refractivity contribution is 5.78. The molecule has 0 amide bonds. The van der Waals surface area contributed by atoms with Crippen LogP contribution in [0.15, 0.2) is 24.5 Å². The first-order valence-corrected chi connectivity index (χ1v) is 3.95. The van der Waals surface area contributed by atoms with Crippen molar-refractivity contribution in [1.82, 2.24) is 9.97 Å². The van der Waals surface area contributed by atoms with Gasteiger partial charge in [-0.1, -0.05) is 6.07 Å². The first-order valence-electron chi connectivity index (χ1n) is 3.95. The van der Waals surface area contributed by atoms with Gasteiger partial charge in [-0.3, -0.25) is 9.97 Å². The second kappa shape index (κ2) is 2.55. The summed E-state index contributed by atoms with van der Waals surface area (Å²) in [6.07, 6.45) is 3.45. The summed E-state index contributed by atoms with van der Waals surface area (Å²) in [5.74, 6) is 0. The summed E-state index contributed by atoms with van der Waals surface area (Å²) < 4.78 is 0. The lowest BCUT2D eigenvalue weighted by atomic mass is 10.1. The Morgan fingerprint density at radius 2 is 1.75 bits per heavy atom. The van der Waals surface area contributed by atoms with Gasteiger partial charge < -0.3 is 0 Å². The first-order chi connectivity index (χ1) is 5.77. The van der Waals surface area contributed by atoms with Crippen molar-refractivity contribution in [3.8, 4) is 0 Å². The number of hydrogen-bond donors (Lipinski definition) is 0. The predicted octanol–water partition coefficient (Wildman–Crippen LogP) is 2.25. The Bertz CT molecular complexity index is 421. The number of aryl methyl sites for hydroxylation is 2. The average Bonchev–Trinajstić information content (AvgIpc) is 2.04. The van der Waals surface area contributed by atoms with Crippen LogP contribution in [0.2, 0.25) is 0 Å². The van der Waals surface area contributed by atoms with Gasteiger partial charge >= 0.3 is 0 Å². The van der Waals surface area contributed by atoms with Crippen LogP contribution in [-0.2, 0) is 0 Å². The van der Waals surface area contributed by atoms with E-state index in [1.807, 2.05) is 0 Å². The maximum absolute atomic E-state index is 4.26. The van der Waals surface area contributed by atoms with Crippen LogP contribution in [-0.4, -0.2) is 9.97 Å². The molecule has 0 aliphatic carbocycles. The summed E-state index contributed by atoms with van der Waals surface area (Å²) in [4.78, 5) is 8.50. The van der Waals surface area contributed by atoms with Crippen molar-refractivity contribution < 1.29 is 0 Å². The second-order valence-electron chi connectivity index (χ2n) is 3.01. The van der Waals surface area contributed by atoms with E-state index in [4.69, 9.17) is 0 Å². The lowest BCUT2D eigenvalue weighted by Gasteiger charge is -2.00. The van der Waals surface area contributed by atoms with E-state index in [1.165, 1.54) is 11.1 Å². The van der Waals surface area contributed by atoms with E-state index >= 15 is 0 Å². The van der Waals surface area contributed by atoms with Crippen molar-refractivity contribution >= 4 is 11.0 Å². The molecule has 1 aromatic carbocycles. The second-order valence-corrected chi connectivity index (χ2v) is 3.01. The van der Waals surface area contributed by atoms with Gasteiger partial charge in [-0.25, -0.2) is 0 Å². The topological polar surface area (TPSA) is 25.8 Å². The van der Waals surface area contributed by atoms with Crippen molar-refractivity contribution in [2.45, 2.75) is 13.8 Å². The molecule has 0 aliphatic rings. The molecule has 0 bridgehead atoms. The lowest BCUT2D eigenvalue weighted by Crippen LogP contribution is -1.86. The maximum Gasteiger partial charge on any atom is 0.0916 e. The fourth-order valence-electron chi connectivity index (χ4n) is 1.43. The molecule has 0 atom stereocenters. The summed E-state index contributed by atoms with van der Waals surface area (Å²) in [5, 5.41) is 0. The molecule has 0 aliphatic heterocycles. The minimum Gasteiger partial charge on any atom is -0.253 e. The van der Waals surface area contributed by atoms with Crippen molar-refractivity contribution in [2.75, 3.05) is 0 Å². The Morgan fingerprint density at radius 3 is 2.58 bits per heavy atom. The summed E-state index contributed by atoms with van der Waals surface area (Å²) in [7, 11) is 0. The molecule has 2 rings (SSSR count). The van der Waals surface area contributed by atoms with Crippen LogP contribution in [0.5, 0.6) is 0 Å². The fraction of sp³-hybridized carbons (Fsp3) is 0.200. The molecule has 0 fully saturated rings. The quantitative estimate of drug-likeness (QED) is 0.587. The zero-order chi connectivity index (χ0) is 8.55. The Labute approximate surface area is 71.3 Å². The molecule has 0 spiro atoms. The first kappa shape index (κ1) is 7.22. The van der Waals surface area contributed by atoms with E-state index in [9.17, 15) is 0 Å². The van der Waals surface area contributed by atoms with Gasteiger partial charge in [0.05, 0.1) is 11.0 Å². The van der Waals surface area contributed by atoms with Crippen LogP contribution in [0.1, 0.15) is 11.1 Å². The summed E-state index contributed by atoms with van der Waals surface area (Å²) in [6, 6.07) is 4.17. The number of benzene rings is 1. The third-order valence-electron chi connectivity index (χ3n) is 1.91. The van der Waals surface area contributed by atoms with Gasteiger partial charge in [0.15, 0.2) is 0 Å². The van der Waals surface area contributed by atoms with Gasteiger partial charge in [0.1, 0.15) is 0 Å². The molecule has 1 heterocycles. The largest absolute Gasteiger partial charge is 0.253 e. The number of hydrogen-bond acceptors (Lipinski definition) is 2. The van der Waals surface area contributed by atoms with Gasteiger partial charge in [-0.05, 0) is 31.0 Å². The van der Waals surface area contributed by atoms with Gasteiger partial charge in [0.2, 0.25) is 0 Å². The molecule has 0 N–H and O–H groups in total. The van der Waals surface area contributed by atoms with E-state index in [0.717, 1.165) is 11.0 Å². The van der Waals surface area contributed by atoms with Gasteiger partial charge in [-0.15, -0.1) is 0 Å². The highest BCUT2D eigenvalue weighted by Crippen LogP contribution is 2.14.